The van der Waals surface area contributed by atoms with Crippen LogP contribution >= 0.6 is 0 Å². The van der Waals surface area contributed by atoms with Gasteiger partial charge in [-0.1, -0.05) is 0 Å². The van der Waals surface area contributed by atoms with E-state index >= 15 is 0 Å². The summed E-state index contributed by atoms with van der Waals surface area (Å²) < 4.78 is 5.49. The Bertz CT molecular complexity index is 705. The molecule has 1 saturated heterocycles. The molecule has 2 heterocycles. The van der Waals surface area contributed by atoms with Crippen LogP contribution in [0.1, 0.15) is 11.3 Å². The van der Waals surface area contributed by atoms with Crippen LogP contribution in [0.4, 0.5) is 0 Å². The number of piperazine rings is 1. The summed E-state index contributed by atoms with van der Waals surface area (Å²) in [5.74, 6) is 0.819. The van der Waals surface area contributed by atoms with Crippen LogP contribution in [0.3, 0.4) is 0 Å². The summed E-state index contributed by atoms with van der Waals surface area (Å²) in [5.41, 5.74) is 2.93. The molecule has 0 saturated carbocycles. The molecule has 0 atom stereocenters. The zero-order valence-corrected chi connectivity index (χ0v) is 12.4. The highest BCUT2D eigenvalue weighted by atomic mass is 16.5. The standard InChI is InChI=1S/C15H20N4O2/c1-10-15(20)18-12-7-11(9-19-5-3-16-4-6-19)14(21-2)8-13(12)17-10/h7-8,16H,3-6,9H2,1-2H3,(H,18,20). The second kappa shape index (κ2) is 5.83. The number of fused-ring (bicyclic) bond motifs is 1. The number of nitrogens with zero attached hydrogens (tertiary/aromatic N) is 2. The number of ether oxygens (including phenoxy) is 1. The van der Waals surface area contributed by atoms with Crippen molar-refractivity contribution in [3.05, 3.63) is 33.7 Å². The molecule has 2 aromatic rings. The van der Waals surface area contributed by atoms with Gasteiger partial charge in [-0.05, 0) is 13.0 Å². The molecule has 1 aliphatic heterocycles. The van der Waals surface area contributed by atoms with Crippen LogP contribution < -0.4 is 15.6 Å². The summed E-state index contributed by atoms with van der Waals surface area (Å²) in [4.78, 5) is 21.3. The Hall–Kier alpha value is -1.92. The first-order valence-electron chi connectivity index (χ1n) is 7.18. The molecule has 0 aliphatic carbocycles. The molecule has 0 spiro atoms. The summed E-state index contributed by atoms with van der Waals surface area (Å²) in [6, 6.07) is 3.87. The van der Waals surface area contributed by atoms with Crippen molar-refractivity contribution in [1.29, 1.82) is 0 Å². The van der Waals surface area contributed by atoms with Crippen LogP contribution in [0, 0.1) is 6.92 Å². The third-order valence-corrected chi connectivity index (χ3v) is 3.87. The van der Waals surface area contributed by atoms with E-state index in [1.54, 1.807) is 14.0 Å². The number of aromatic amines is 1. The molecule has 1 aromatic carbocycles. The van der Waals surface area contributed by atoms with Crippen molar-refractivity contribution in [2.45, 2.75) is 13.5 Å². The lowest BCUT2D eigenvalue weighted by atomic mass is 10.1. The molecule has 21 heavy (non-hydrogen) atoms. The quantitative estimate of drug-likeness (QED) is 0.867. The molecule has 1 aliphatic rings. The lowest BCUT2D eigenvalue weighted by Crippen LogP contribution is -2.42. The lowest BCUT2D eigenvalue weighted by Gasteiger charge is -2.27. The van der Waals surface area contributed by atoms with E-state index in [1.807, 2.05) is 12.1 Å². The largest absolute Gasteiger partial charge is 0.496 e. The Morgan fingerprint density at radius 1 is 1.33 bits per heavy atom. The molecule has 0 bridgehead atoms. The van der Waals surface area contributed by atoms with Crippen molar-refractivity contribution in [3.63, 3.8) is 0 Å². The number of benzene rings is 1. The molecule has 1 aromatic heterocycles. The fraction of sp³-hybridized carbons (Fsp3) is 0.467. The third kappa shape index (κ3) is 2.91. The molecule has 3 rings (SSSR count). The highest BCUT2D eigenvalue weighted by Gasteiger charge is 2.14. The maximum Gasteiger partial charge on any atom is 0.269 e. The summed E-state index contributed by atoms with van der Waals surface area (Å²) in [7, 11) is 1.67. The van der Waals surface area contributed by atoms with Gasteiger partial charge in [-0.15, -0.1) is 0 Å². The first-order chi connectivity index (χ1) is 10.2. The molecule has 0 radical (unpaired) electrons. The predicted molar refractivity (Wildman–Crippen MR) is 81.8 cm³/mol. The van der Waals surface area contributed by atoms with Gasteiger partial charge in [0.25, 0.3) is 5.56 Å². The number of H-pyrrole nitrogens is 1. The average molecular weight is 288 g/mol. The minimum Gasteiger partial charge on any atom is -0.496 e. The minimum atomic E-state index is -0.138. The molecule has 0 amide bonds. The lowest BCUT2D eigenvalue weighted by molar-refractivity contribution is 0.230. The van der Waals surface area contributed by atoms with Gasteiger partial charge in [0.2, 0.25) is 0 Å². The zero-order valence-electron chi connectivity index (χ0n) is 12.4. The minimum absolute atomic E-state index is 0.138. The first kappa shape index (κ1) is 14.0. The van der Waals surface area contributed by atoms with Gasteiger partial charge in [-0.25, -0.2) is 4.98 Å². The molecular weight excluding hydrogens is 268 g/mol. The van der Waals surface area contributed by atoms with Gasteiger partial charge in [0.1, 0.15) is 11.4 Å². The molecule has 6 nitrogen and oxygen atoms in total. The van der Waals surface area contributed by atoms with E-state index in [0.717, 1.165) is 55.1 Å². The maximum atomic E-state index is 11.7. The van der Waals surface area contributed by atoms with E-state index in [2.05, 4.69) is 20.2 Å². The Morgan fingerprint density at radius 3 is 2.81 bits per heavy atom. The number of hydrogen-bond acceptors (Lipinski definition) is 5. The van der Waals surface area contributed by atoms with E-state index in [1.165, 1.54) is 0 Å². The number of rotatable bonds is 3. The van der Waals surface area contributed by atoms with Gasteiger partial charge in [-0.2, -0.15) is 0 Å². The van der Waals surface area contributed by atoms with Gasteiger partial charge in [0.05, 0.1) is 18.1 Å². The highest BCUT2D eigenvalue weighted by molar-refractivity contribution is 5.77. The van der Waals surface area contributed by atoms with Gasteiger partial charge in [0.15, 0.2) is 0 Å². The number of nitrogens with one attached hydrogen (secondary N) is 2. The van der Waals surface area contributed by atoms with Crippen molar-refractivity contribution in [3.8, 4) is 5.75 Å². The normalized spacial score (nSPS) is 16.3. The summed E-state index contributed by atoms with van der Waals surface area (Å²) >= 11 is 0. The van der Waals surface area contributed by atoms with Crippen LogP contribution in [0.2, 0.25) is 0 Å². The van der Waals surface area contributed by atoms with Crippen molar-refractivity contribution in [2.75, 3.05) is 33.3 Å². The van der Waals surface area contributed by atoms with Gasteiger partial charge < -0.3 is 15.0 Å². The van der Waals surface area contributed by atoms with E-state index in [4.69, 9.17) is 4.74 Å². The fourth-order valence-electron chi connectivity index (χ4n) is 2.67. The second-order valence-electron chi connectivity index (χ2n) is 5.36. The highest BCUT2D eigenvalue weighted by Crippen LogP contribution is 2.25. The van der Waals surface area contributed by atoms with E-state index in [9.17, 15) is 4.79 Å². The predicted octanol–water partition coefficient (Wildman–Crippen LogP) is 0.645. The maximum absolute atomic E-state index is 11.7. The van der Waals surface area contributed by atoms with Gasteiger partial charge >= 0.3 is 0 Å². The van der Waals surface area contributed by atoms with E-state index in [-0.39, 0.29) is 5.56 Å². The summed E-state index contributed by atoms with van der Waals surface area (Å²) in [5, 5.41) is 3.34. The monoisotopic (exact) mass is 288 g/mol. The molecule has 0 unspecified atom stereocenters. The second-order valence-corrected chi connectivity index (χ2v) is 5.36. The molecule has 1 fully saturated rings. The topological polar surface area (TPSA) is 70.2 Å². The van der Waals surface area contributed by atoms with E-state index < -0.39 is 0 Å². The fourth-order valence-corrected chi connectivity index (χ4v) is 2.67. The number of hydrogen-bond donors (Lipinski definition) is 2. The zero-order chi connectivity index (χ0) is 14.8. The van der Waals surface area contributed by atoms with Crippen molar-refractivity contribution < 1.29 is 4.74 Å². The Balaban J connectivity index is 1.99. The van der Waals surface area contributed by atoms with Crippen LogP contribution in [0.25, 0.3) is 11.0 Å². The molecular formula is C15H20N4O2. The third-order valence-electron chi connectivity index (χ3n) is 3.87. The van der Waals surface area contributed by atoms with Crippen LogP contribution in [-0.2, 0) is 6.54 Å². The SMILES string of the molecule is COc1cc2nc(C)c(=O)[nH]c2cc1CN1CCNCC1. The molecule has 2 N–H and O–H groups in total. The Morgan fingerprint density at radius 2 is 2.10 bits per heavy atom. The Kier molecular flexibility index (Phi) is 3.90. The smallest absolute Gasteiger partial charge is 0.269 e. The summed E-state index contributed by atoms with van der Waals surface area (Å²) in [6.45, 7) is 6.57. The Labute approximate surface area is 123 Å². The van der Waals surface area contributed by atoms with E-state index in [0.29, 0.717) is 5.69 Å². The number of methoxy groups -OCH3 is 1. The number of aromatic nitrogens is 2. The molecule has 112 valence electrons. The van der Waals surface area contributed by atoms with Crippen molar-refractivity contribution in [1.82, 2.24) is 20.2 Å². The van der Waals surface area contributed by atoms with Gasteiger partial charge in [-0.3, -0.25) is 9.69 Å². The van der Waals surface area contributed by atoms with Crippen LogP contribution in [0.15, 0.2) is 16.9 Å². The average Bonchev–Trinajstić information content (AvgIpc) is 2.49. The molecule has 6 heteroatoms. The van der Waals surface area contributed by atoms with Crippen LogP contribution in [-0.4, -0.2) is 48.2 Å². The number of aryl methyl sites for hydroxylation is 1. The van der Waals surface area contributed by atoms with Gasteiger partial charge in [0, 0.05) is 44.4 Å². The summed E-state index contributed by atoms with van der Waals surface area (Å²) in [6.07, 6.45) is 0. The first-order valence-corrected chi connectivity index (χ1v) is 7.18. The van der Waals surface area contributed by atoms with Crippen molar-refractivity contribution in [2.24, 2.45) is 0 Å². The van der Waals surface area contributed by atoms with Crippen molar-refractivity contribution >= 4 is 11.0 Å². The van der Waals surface area contributed by atoms with Crippen LogP contribution in [0.5, 0.6) is 5.75 Å².